The molecule has 2 atom stereocenters. The standard InChI is InChI=1S/C14H19FN2OS/c1-8-6-11(16)7-12(13(8)15)14(18)17-4-5-19-10(3)9(17)2/h6-7,9-10H,4-5,16H2,1-3H3. The number of carbonyl (C=O) groups is 1. The van der Waals surface area contributed by atoms with Gasteiger partial charge in [-0.2, -0.15) is 11.8 Å². The van der Waals surface area contributed by atoms with Gasteiger partial charge in [0.25, 0.3) is 5.91 Å². The van der Waals surface area contributed by atoms with Gasteiger partial charge in [-0.1, -0.05) is 6.92 Å². The number of hydrogen-bond acceptors (Lipinski definition) is 3. The lowest BCUT2D eigenvalue weighted by Crippen LogP contribution is -2.48. The number of hydrogen-bond donors (Lipinski definition) is 1. The van der Waals surface area contributed by atoms with E-state index >= 15 is 0 Å². The second kappa shape index (κ2) is 5.41. The van der Waals surface area contributed by atoms with E-state index in [0.717, 1.165) is 5.75 Å². The molecule has 1 aliphatic rings. The van der Waals surface area contributed by atoms with Gasteiger partial charge in [0.1, 0.15) is 5.82 Å². The highest BCUT2D eigenvalue weighted by Crippen LogP contribution is 2.27. The second-order valence-electron chi connectivity index (χ2n) is 5.01. The van der Waals surface area contributed by atoms with Gasteiger partial charge in [-0.05, 0) is 31.5 Å². The van der Waals surface area contributed by atoms with Crippen molar-refractivity contribution >= 4 is 23.4 Å². The molecule has 3 nitrogen and oxygen atoms in total. The molecule has 2 N–H and O–H groups in total. The van der Waals surface area contributed by atoms with Crippen molar-refractivity contribution in [3.63, 3.8) is 0 Å². The Balaban J connectivity index is 2.34. The van der Waals surface area contributed by atoms with Crippen molar-refractivity contribution in [2.24, 2.45) is 0 Å². The van der Waals surface area contributed by atoms with Crippen LogP contribution in [-0.4, -0.2) is 34.4 Å². The molecule has 5 heteroatoms. The van der Waals surface area contributed by atoms with Gasteiger partial charge in [-0.25, -0.2) is 4.39 Å². The molecule has 0 saturated carbocycles. The summed E-state index contributed by atoms with van der Waals surface area (Å²) in [5.74, 6) is 0.171. The first-order valence-electron chi connectivity index (χ1n) is 6.40. The molecular weight excluding hydrogens is 263 g/mol. The molecule has 1 heterocycles. The van der Waals surface area contributed by atoms with E-state index in [4.69, 9.17) is 5.73 Å². The maximum absolute atomic E-state index is 14.1. The maximum Gasteiger partial charge on any atom is 0.257 e. The van der Waals surface area contributed by atoms with E-state index in [1.807, 2.05) is 18.7 Å². The molecule has 1 saturated heterocycles. The van der Waals surface area contributed by atoms with Gasteiger partial charge in [0.05, 0.1) is 5.56 Å². The number of nitrogen functional groups attached to an aromatic ring is 1. The molecule has 1 aromatic carbocycles. The molecule has 0 bridgehead atoms. The summed E-state index contributed by atoms with van der Waals surface area (Å²) in [7, 11) is 0. The highest BCUT2D eigenvalue weighted by molar-refractivity contribution is 8.00. The summed E-state index contributed by atoms with van der Waals surface area (Å²) in [6.45, 7) is 6.38. The van der Waals surface area contributed by atoms with Crippen LogP contribution in [0.15, 0.2) is 12.1 Å². The minimum Gasteiger partial charge on any atom is -0.399 e. The third kappa shape index (κ3) is 2.71. The highest BCUT2D eigenvalue weighted by Gasteiger charge is 2.31. The number of amides is 1. The maximum atomic E-state index is 14.1. The van der Waals surface area contributed by atoms with Gasteiger partial charge < -0.3 is 10.6 Å². The van der Waals surface area contributed by atoms with Crippen molar-refractivity contribution in [3.8, 4) is 0 Å². The molecule has 1 aromatic rings. The zero-order valence-electron chi connectivity index (χ0n) is 11.4. The number of nitrogens with zero attached hydrogens (tertiary/aromatic N) is 1. The van der Waals surface area contributed by atoms with Gasteiger partial charge in [-0.3, -0.25) is 4.79 Å². The Morgan fingerprint density at radius 2 is 2.16 bits per heavy atom. The SMILES string of the molecule is Cc1cc(N)cc(C(=O)N2CCSC(C)C2C)c1F. The van der Waals surface area contributed by atoms with Crippen molar-refractivity contribution in [2.75, 3.05) is 18.0 Å². The second-order valence-corrected chi connectivity index (χ2v) is 6.50. The van der Waals surface area contributed by atoms with Gasteiger partial charge >= 0.3 is 0 Å². The van der Waals surface area contributed by atoms with Crippen molar-refractivity contribution in [1.29, 1.82) is 0 Å². The number of carbonyl (C=O) groups excluding carboxylic acids is 1. The van der Waals surface area contributed by atoms with Crippen molar-refractivity contribution in [2.45, 2.75) is 32.1 Å². The first-order valence-corrected chi connectivity index (χ1v) is 7.45. The molecule has 2 rings (SSSR count). The van der Waals surface area contributed by atoms with E-state index in [2.05, 4.69) is 6.92 Å². The summed E-state index contributed by atoms with van der Waals surface area (Å²) in [5, 5.41) is 0.364. The van der Waals surface area contributed by atoms with Crippen LogP contribution in [0.3, 0.4) is 0 Å². The van der Waals surface area contributed by atoms with Gasteiger partial charge in [0, 0.05) is 29.3 Å². The Labute approximate surface area is 117 Å². The quantitative estimate of drug-likeness (QED) is 0.806. The molecule has 0 aromatic heterocycles. The average molecular weight is 282 g/mol. The molecular formula is C14H19FN2OS. The molecule has 1 amide bonds. The molecule has 0 spiro atoms. The number of anilines is 1. The normalized spacial score (nSPS) is 23.5. The topological polar surface area (TPSA) is 46.3 Å². The highest BCUT2D eigenvalue weighted by atomic mass is 32.2. The summed E-state index contributed by atoms with van der Waals surface area (Å²) in [6.07, 6.45) is 0. The van der Waals surface area contributed by atoms with Crippen LogP contribution in [0.5, 0.6) is 0 Å². The summed E-state index contributed by atoms with van der Waals surface area (Å²) in [6, 6.07) is 3.08. The Kier molecular flexibility index (Phi) is 4.04. The molecule has 2 unspecified atom stereocenters. The van der Waals surface area contributed by atoms with Crippen LogP contribution >= 0.6 is 11.8 Å². The Morgan fingerprint density at radius 1 is 1.47 bits per heavy atom. The van der Waals surface area contributed by atoms with Crippen LogP contribution in [-0.2, 0) is 0 Å². The van der Waals surface area contributed by atoms with Crippen LogP contribution in [0.25, 0.3) is 0 Å². The van der Waals surface area contributed by atoms with Gasteiger partial charge in [-0.15, -0.1) is 0 Å². The van der Waals surface area contributed by atoms with Crippen LogP contribution < -0.4 is 5.73 Å². The smallest absolute Gasteiger partial charge is 0.257 e. The predicted octanol–water partition coefficient (Wildman–Crippen LogP) is 2.68. The van der Waals surface area contributed by atoms with Gasteiger partial charge in [0.2, 0.25) is 0 Å². The lowest BCUT2D eigenvalue weighted by Gasteiger charge is -2.37. The van der Waals surface area contributed by atoms with Crippen molar-refractivity contribution in [3.05, 3.63) is 29.1 Å². The van der Waals surface area contributed by atoms with E-state index in [0.29, 0.717) is 23.0 Å². The fourth-order valence-corrected chi connectivity index (χ4v) is 3.43. The first-order chi connectivity index (χ1) is 8.91. The van der Waals surface area contributed by atoms with Crippen molar-refractivity contribution in [1.82, 2.24) is 4.90 Å². The molecule has 19 heavy (non-hydrogen) atoms. The molecule has 104 valence electrons. The van der Waals surface area contributed by atoms with E-state index in [-0.39, 0.29) is 17.5 Å². The summed E-state index contributed by atoms with van der Waals surface area (Å²) < 4.78 is 14.1. The van der Waals surface area contributed by atoms with E-state index < -0.39 is 5.82 Å². The Morgan fingerprint density at radius 3 is 2.84 bits per heavy atom. The molecule has 1 aliphatic heterocycles. The third-order valence-electron chi connectivity index (χ3n) is 3.65. The predicted molar refractivity (Wildman–Crippen MR) is 78.0 cm³/mol. The fourth-order valence-electron chi connectivity index (χ4n) is 2.33. The Hall–Kier alpha value is -1.23. The van der Waals surface area contributed by atoms with Gasteiger partial charge in [0.15, 0.2) is 0 Å². The summed E-state index contributed by atoms with van der Waals surface area (Å²) in [5.41, 5.74) is 6.64. The lowest BCUT2D eigenvalue weighted by molar-refractivity contribution is 0.0693. The number of rotatable bonds is 1. The first kappa shape index (κ1) is 14.2. The van der Waals surface area contributed by atoms with Crippen LogP contribution in [0, 0.1) is 12.7 Å². The minimum absolute atomic E-state index is 0.0865. The number of benzene rings is 1. The van der Waals surface area contributed by atoms with E-state index in [1.54, 1.807) is 17.9 Å². The van der Waals surface area contributed by atoms with Crippen LogP contribution in [0.4, 0.5) is 10.1 Å². The Bertz CT molecular complexity index is 506. The van der Waals surface area contributed by atoms with E-state index in [9.17, 15) is 9.18 Å². The zero-order chi connectivity index (χ0) is 14.2. The summed E-state index contributed by atoms with van der Waals surface area (Å²) >= 11 is 1.84. The average Bonchev–Trinajstić information content (AvgIpc) is 2.36. The largest absolute Gasteiger partial charge is 0.399 e. The molecule has 0 aliphatic carbocycles. The van der Waals surface area contributed by atoms with Crippen molar-refractivity contribution < 1.29 is 9.18 Å². The number of aryl methyl sites for hydroxylation is 1. The fraction of sp³-hybridized carbons (Fsp3) is 0.500. The monoisotopic (exact) mass is 282 g/mol. The lowest BCUT2D eigenvalue weighted by atomic mass is 10.1. The minimum atomic E-state index is -0.461. The van der Waals surface area contributed by atoms with Crippen LogP contribution in [0.1, 0.15) is 29.8 Å². The number of nitrogens with two attached hydrogens (primary N) is 1. The number of thioether (sulfide) groups is 1. The molecule has 0 radical (unpaired) electrons. The zero-order valence-corrected chi connectivity index (χ0v) is 12.3. The van der Waals surface area contributed by atoms with Crippen LogP contribution in [0.2, 0.25) is 0 Å². The summed E-state index contributed by atoms with van der Waals surface area (Å²) in [4.78, 5) is 14.3. The molecule has 1 fully saturated rings. The third-order valence-corrected chi connectivity index (χ3v) is 4.99. The number of halogens is 1. The van der Waals surface area contributed by atoms with E-state index in [1.165, 1.54) is 6.07 Å².